The summed E-state index contributed by atoms with van der Waals surface area (Å²) >= 11 is 0. The molecule has 0 aliphatic carbocycles. The first-order chi connectivity index (χ1) is 10.5. The van der Waals surface area contributed by atoms with Crippen molar-refractivity contribution in [3.05, 3.63) is 53.1 Å². The van der Waals surface area contributed by atoms with Crippen molar-refractivity contribution in [2.45, 2.75) is 27.2 Å². The van der Waals surface area contributed by atoms with Gasteiger partial charge in [-0.05, 0) is 61.7 Å². The zero-order valence-electron chi connectivity index (χ0n) is 13.7. The highest BCUT2D eigenvalue weighted by atomic mass is 35.5. The number of ether oxygens (including phenoxy) is 1. The molecule has 2 aromatic carbocycles. The van der Waals surface area contributed by atoms with Crippen LogP contribution in [0.15, 0.2) is 36.4 Å². The molecule has 0 fully saturated rings. The van der Waals surface area contributed by atoms with E-state index in [2.05, 4.69) is 12.2 Å². The van der Waals surface area contributed by atoms with Gasteiger partial charge in [-0.25, -0.2) is 0 Å². The molecule has 2 rings (SSSR count). The molecular weight excluding hydrogens is 312 g/mol. The Hall–Kier alpha value is -2.20. The molecule has 0 atom stereocenters. The molecule has 0 bridgehead atoms. The van der Waals surface area contributed by atoms with E-state index in [1.807, 2.05) is 38.1 Å². The minimum Gasteiger partial charge on any atom is -0.494 e. The summed E-state index contributed by atoms with van der Waals surface area (Å²) in [4.78, 5) is 12.4. The van der Waals surface area contributed by atoms with E-state index in [0.717, 1.165) is 29.0 Å². The summed E-state index contributed by atoms with van der Waals surface area (Å²) in [6.45, 7) is 6.59. The van der Waals surface area contributed by atoms with Crippen LogP contribution in [0.1, 0.15) is 34.8 Å². The number of benzene rings is 2. The predicted octanol–water partition coefficient (Wildman–Crippen LogP) is 4.35. The van der Waals surface area contributed by atoms with Gasteiger partial charge in [0.05, 0.1) is 6.61 Å². The van der Waals surface area contributed by atoms with Crippen molar-refractivity contribution in [2.24, 2.45) is 0 Å². The maximum atomic E-state index is 12.4. The highest BCUT2D eigenvalue weighted by Gasteiger charge is 2.11. The Balaban J connectivity index is 0.00000264. The molecule has 1 amide bonds. The van der Waals surface area contributed by atoms with Crippen molar-refractivity contribution in [1.29, 1.82) is 0 Å². The number of anilines is 2. The van der Waals surface area contributed by atoms with Crippen LogP contribution in [-0.4, -0.2) is 12.5 Å². The minimum absolute atomic E-state index is 0. The molecule has 0 unspecified atom stereocenters. The van der Waals surface area contributed by atoms with Crippen LogP contribution in [0.25, 0.3) is 0 Å². The number of amides is 1. The van der Waals surface area contributed by atoms with E-state index in [4.69, 9.17) is 10.5 Å². The SMILES string of the molecule is CCCOc1ccc(NC(=O)c2cc(N)ccc2C)c(C)c1.Cl. The molecular formula is C18H23ClN2O2. The van der Waals surface area contributed by atoms with E-state index in [0.29, 0.717) is 17.9 Å². The number of nitrogens with two attached hydrogens (primary N) is 1. The molecule has 0 radical (unpaired) electrons. The van der Waals surface area contributed by atoms with Crippen molar-refractivity contribution in [2.75, 3.05) is 17.7 Å². The third kappa shape index (κ3) is 4.89. The van der Waals surface area contributed by atoms with E-state index in [-0.39, 0.29) is 18.3 Å². The highest BCUT2D eigenvalue weighted by Crippen LogP contribution is 2.23. The largest absolute Gasteiger partial charge is 0.494 e. The lowest BCUT2D eigenvalue weighted by Crippen LogP contribution is -2.14. The molecule has 5 heteroatoms. The zero-order chi connectivity index (χ0) is 16.1. The molecule has 0 saturated carbocycles. The van der Waals surface area contributed by atoms with Gasteiger partial charge in [0.15, 0.2) is 0 Å². The molecule has 3 N–H and O–H groups in total. The fourth-order valence-corrected chi connectivity index (χ4v) is 2.16. The van der Waals surface area contributed by atoms with Crippen molar-refractivity contribution >= 4 is 29.7 Å². The van der Waals surface area contributed by atoms with Gasteiger partial charge < -0.3 is 15.8 Å². The first kappa shape index (κ1) is 18.8. The monoisotopic (exact) mass is 334 g/mol. The van der Waals surface area contributed by atoms with Crippen LogP contribution in [-0.2, 0) is 0 Å². The Morgan fingerprint density at radius 1 is 1.13 bits per heavy atom. The number of hydrogen-bond acceptors (Lipinski definition) is 3. The van der Waals surface area contributed by atoms with Gasteiger partial charge in [-0.2, -0.15) is 0 Å². The third-order valence-electron chi connectivity index (χ3n) is 3.43. The number of aryl methyl sites for hydroxylation is 2. The van der Waals surface area contributed by atoms with Crippen LogP contribution in [0, 0.1) is 13.8 Å². The topological polar surface area (TPSA) is 64.3 Å². The Morgan fingerprint density at radius 2 is 1.87 bits per heavy atom. The number of carbonyl (C=O) groups excluding carboxylic acids is 1. The molecule has 0 aromatic heterocycles. The van der Waals surface area contributed by atoms with Gasteiger partial charge in [0, 0.05) is 16.9 Å². The Labute approximate surface area is 143 Å². The molecule has 0 heterocycles. The lowest BCUT2D eigenvalue weighted by Gasteiger charge is -2.12. The Morgan fingerprint density at radius 3 is 2.52 bits per heavy atom. The molecule has 2 aromatic rings. The highest BCUT2D eigenvalue weighted by molar-refractivity contribution is 6.06. The number of nitrogens with one attached hydrogen (secondary N) is 1. The second-order valence-electron chi connectivity index (χ2n) is 5.35. The Bertz CT molecular complexity index is 687. The summed E-state index contributed by atoms with van der Waals surface area (Å²) in [5.41, 5.74) is 9.56. The van der Waals surface area contributed by atoms with E-state index in [9.17, 15) is 4.79 Å². The van der Waals surface area contributed by atoms with Gasteiger partial charge >= 0.3 is 0 Å². The van der Waals surface area contributed by atoms with Gasteiger partial charge in [0.1, 0.15) is 5.75 Å². The van der Waals surface area contributed by atoms with Gasteiger partial charge in [-0.15, -0.1) is 12.4 Å². The summed E-state index contributed by atoms with van der Waals surface area (Å²) in [5.74, 6) is 0.660. The molecule has 0 spiro atoms. The first-order valence-electron chi connectivity index (χ1n) is 7.42. The summed E-state index contributed by atoms with van der Waals surface area (Å²) in [5, 5.41) is 2.93. The molecule has 0 aliphatic rings. The van der Waals surface area contributed by atoms with Gasteiger partial charge in [-0.3, -0.25) is 4.79 Å². The molecule has 0 aliphatic heterocycles. The number of carbonyl (C=O) groups is 1. The molecule has 4 nitrogen and oxygen atoms in total. The maximum Gasteiger partial charge on any atom is 0.256 e. The van der Waals surface area contributed by atoms with E-state index < -0.39 is 0 Å². The predicted molar refractivity (Wildman–Crippen MR) is 97.8 cm³/mol. The number of halogens is 1. The second-order valence-corrected chi connectivity index (χ2v) is 5.35. The zero-order valence-corrected chi connectivity index (χ0v) is 14.5. The van der Waals surface area contributed by atoms with Gasteiger partial charge in [0.25, 0.3) is 5.91 Å². The van der Waals surface area contributed by atoms with Gasteiger partial charge in [-0.1, -0.05) is 13.0 Å². The average Bonchev–Trinajstić information content (AvgIpc) is 2.50. The van der Waals surface area contributed by atoms with Crippen LogP contribution in [0.5, 0.6) is 5.75 Å². The van der Waals surface area contributed by atoms with E-state index in [1.165, 1.54) is 0 Å². The first-order valence-corrected chi connectivity index (χ1v) is 7.42. The van der Waals surface area contributed by atoms with Crippen LogP contribution < -0.4 is 15.8 Å². The van der Waals surface area contributed by atoms with Gasteiger partial charge in [0.2, 0.25) is 0 Å². The van der Waals surface area contributed by atoms with Crippen molar-refractivity contribution in [1.82, 2.24) is 0 Å². The van der Waals surface area contributed by atoms with Crippen molar-refractivity contribution in [3.63, 3.8) is 0 Å². The minimum atomic E-state index is -0.157. The number of nitrogen functional groups attached to an aromatic ring is 1. The maximum absolute atomic E-state index is 12.4. The lowest BCUT2D eigenvalue weighted by atomic mass is 10.1. The second kappa shape index (κ2) is 8.44. The van der Waals surface area contributed by atoms with E-state index >= 15 is 0 Å². The Kier molecular flexibility index (Phi) is 6.91. The lowest BCUT2D eigenvalue weighted by molar-refractivity contribution is 0.102. The third-order valence-corrected chi connectivity index (χ3v) is 3.43. The molecule has 23 heavy (non-hydrogen) atoms. The summed E-state index contributed by atoms with van der Waals surface area (Å²) in [6, 6.07) is 11.0. The quantitative estimate of drug-likeness (QED) is 0.799. The summed E-state index contributed by atoms with van der Waals surface area (Å²) in [6.07, 6.45) is 0.965. The van der Waals surface area contributed by atoms with Crippen LogP contribution in [0.2, 0.25) is 0 Å². The van der Waals surface area contributed by atoms with Crippen molar-refractivity contribution in [3.8, 4) is 5.75 Å². The van der Waals surface area contributed by atoms with Crippen LogP contribution in [0.3, 0.4) is 0 Å². The molecule has 0 saturated heterocycles. The van der Waals surface area contributed by atoms with E-state index in [1.54, 1.807) is 12.1 Å². The fourth-order valence-electron chi connectivity index (χ4n) is 2.16. The summed E-state index contributed by atoms with van der Waals surface area (Å²) in [7, 11) is 0. The van der Waals surface area contributed by atoms with Crippen molar-refractivity contribution < 1.29 is 9.53 Å². The number of rotatable bonds is 5. The fraction of sp³-hybridized carbons (Fsp3) is 0.278. The summed E-state index contributed by atoms with van der Waals surface area (Å²) < 4.78 is 5.59. The normalized spacial score (nSPS) is 9.87. The van der Waals surface area contributed by atoms with Crippen LogP contribution >= 0.6 is 12.4 Å². The molecule has 124 valence electrons. The smallest absolute Gasteiger partial charge is 0.256 e. The number of hydrogen-bond donors (Lipinski definition) is 2. The standard InChI is InChI=1S/C18H22N2O2.ClH/c1-4-9-22-15-7-8-17(13(3)10-15)20-18(21)16-11-14(19)6-5-12(16)2;/h5-8,10-11H,4,9,19H2,1-3H3,(H,20,21);1H. The van der Waals surface area contributed by atoms with Crippen LogP contribution in [0.4, 0.5) is 11.4 Å². The average molecular weight is 335 g/mol.